The minimum Gasteiger partial charge on any atom is -0.490 e. The average molecular weight is 350 g/mol. The van der Waals surface area contributed by atoms with Crippen LogP contribution in [-0.4, -0.2) is 16.0 Å². The van der Waals surface area contributed by atoms with E-state index in [4.69, 9.17) is 16.3 Å². The average Bonchev–Trinajstić information content (AvgIpc) is 2.90. The largest absolute Gasteiger partial charge is 0.490 e. The molecule has 1 aromatic carbocycles. The molecular weight excluding hydrogens is 334 g/mol. The number of fused-ring (bicyclic) bond motifs is 1. The lowest BCUT2D eigenvalue weighted by molar-refractivity contribution is 0.342. The summed E-state index contributed by atoms with van der Waals surface area (Å²) in [6.45, 7) is 4.75. The molecule has 0 saturated carbocycles. The molecule has 0 radical (unpaired) electrons. The van der Waals surface area contributed by atoms with Crippen LogP contribution >= 0.6 is 22.9 Å². The van der Waals surface area contributed by atoms with Gasteiger partial charge in [-0.2, -0.15) is 0 Å². The first-order chi connectivity index (χ1) is 11.1. The molecule has 0 fully saturated rings. The molecule has 3 rings (SSSR count). The lowest BCUT2D eigenvalue weighted by atomic mass is 10.2. The van der Waals surface area contributed by atoms with Crippen LogP contribution in [0.5, 0.6) is 5.75 Å². The van der Waals surface area contributed by atoms with Crippen LogP contribution in [0.15, 0.2) is 34.4 Å². The first-order valence-corrected chi connectivity index (χ1v) is 8.48. The summed E-state index contributed by atoms with van der Waals surface area (Å²) < 4.78 is 7.19. The minimum absolute atomic E-state index is 0.0679. The second-order valence-corrected chi connectivity index (χ2v) is 6.23. The molecule has 3 aromatic rings. The molecule has 120 valence electrons. The fourth-order valence-electron chi connectivity index (χ4n) is 2.32. The molecule has 0 unspecified atom stereocenters. The van der Waals surface area contributed by atoms with E-state index in [2.05, 4.69) is 10.3 Å². The third kappa shape index (κ3) is 3.18. The quantitative estimate of drug-likeness (QED) is 0.762. The number of aryl methyl sites for hydroxylation is 1. The maximum Gasteiger partial charge on any atom is 0.259 e. The molecule has 2 aromatic heterocycles. The molecule has 0 bridgehead atoms. The van der Waals surface area contributed by atoms with Gasteiger partial charge in [-0.25, -0.2) is 4.98 Å². The van der Waals surface area contributed by atoms with Crippen molar-refractivity contribution in [2.45, 2.75) is 20.4 Å². The number of halogens is 1. The second kappa shape index (κ2) is 6.60. The van der Waals surface area contributed by atoms with E-state index in [1.807, 2.05) is 31.4 Å². The van der Waals surface area contributed by atoms with Gasteiger partial charge in [-0.1, -0.05) is 17.7 Å². The van der Waals surface area contributed by atoms with Gasteiger partial charge in [0.05, 0.1) is 29.6 Å². The Kier molecular flexibility index (Phi) is 4.54. The normalized spacial score (nSPS) is 10.9. The van der Waals surface area contributed by atoms with Gasteiger partial charge in [-0.15, -0.1) is 11.3 Å². The number of nitrogens with zero attached hydrogens (tertiary/aromatic N) is 2. The van der Waals surface area contributed by atoms with Gasteiger partial charge in [0.2, 0.25) is 0 Å². The number of benzene rings is 1. The molecule has 0 atom stereocenters. The Morgan fingerprint density at radius 3 is 3.04 bits per heavy atom. The molecule has 0 aliphatic carbocycles. The van der Waals surface area contributed by atoms with Crippen LogP contribution in [0.2, 0.25) is 5.02 Å². The third-order valence-corrected chi connectivity index (χ3v) is 4.59. The van der Waals surface area contributed by atoms with E-state index in [0.717, 1.165) is 11.4 Å². The summed E-state index contributed by atoms with van der Waals surface area (Å²) in [6.07, 6.45) is 0. The number of rotatable bonds is 5. The van der Waals surface area contributed by atoms with Crippen LogP contribution in [0, 0.1) is 6.92 Å². The van der Waals surface area contributed by atoms with Crippen molar-refractivity contribution >= 4 is 33.6 Å². The Morgan fingerprint density at radius 2 is 2.26 bits per heavy atom. The highest BCUT2D eigenvalue weighted by Gasteiger charge is 2.10. The molecule has 0 amide bonds. The summed E-state index contributed by atoms with van der Waals surface area (Å²) in [5.41, 5.74) is 2.29. The number of hydrogen-bond donors (Lipinski definition) is 1. The highest BCUT2D eigenvalue weighted by atomic mass is 35.5. The number of para-hydroxylation sites is 1. The van der Waals surface area contributed by atoms with Crippen LogP contribution < -0.4 is 15.6 Å². The van der Waals surface area contributed by atoms with Crippen molar-refractivity contribution in [3.63, 3.8) is 0 Å². The van der Waals surface area contributed by atoms with Crippen molar-refractivity contribution in [3.8, 4) is 5.75 Å². The van der Waals surface area contributed by atoms with Crippen LogP contribution in [-0.2, 0) is 6.54 Å². The molecular formula is C16H16ClN3O2S. The molecule has 0 aliphatic rings. The molecule has 23 heavy (non-hydrogen) atoms. The van der Waals surface area contributed by atoms with Crippen molar-refractivity contribution in [3.05, 3.63) is 56.4 Å². The van der Waals surface area contributed by atoms with Gasteiger partial charge in [-0.05, 0) is 26.0 Å². The Bertz CT molecular complexity index is 904. The van der Waals surface area contributed by atoms with Crippen LogP contribution in [0.1, 0.15) is 18.3 Å². The number of thiazole rings is 1. The molecule has 1 N–H and O–H groups in total. The van der Waals surface area contributed by atoms with Crippen LogP contribution in [0.4, 0.5) is 5.69 Å². The number of anilines is 1. The lowest BCUT2D eigenvalue weighted by Gasteiger charge is -2.13. The maximum absolute atomic E-state index is 12.2. The Hall–Kier alpha value is -2.05. The highest BCUT2D eigenvalue weighted by molar-refractivity contribution is 7.15. The van der Waals surface area contributed by atoms with Crippen molar-refractivity contribution in [2.75, 3.05) is 11.9 Å². The van der Waals surface area contributed by atoms with Gasteiger partial charge in [0.15, 0.2) is 10.7 Å². The van der Waals surface area contributed by atoms with Crippen molar-refractivity contribution in [1.29, 1.82) is 0 Å². The lowest BCUT2D eigenvalue weighted by Crippen LogP contribution is -2.16. The number of nitrogens with one attached hydrogen (secondary N) is 1. The van der Waals surface area contributed by atoms with E-state index in [1.54, 1.807) is 16.5 Å². The summed E-state index contributed by atoms with van der Waals surface area (Å²) in [4.78, 5) is 17.4. The molecule has 0 aliphatic heterocycles. The summed E-state index contributed by atoms with van der Waals surface area (Å²) in [6, 6.07) is 7.06. The van der Waals surface area contributed by atoms with E-state index in [9.17, 15) is 4.79 Å². The minimum atomic E-state index is -0.0679. The smallest absolute Gasteiger partial charge is 0.259 e. The summed E-state index contributed by atoms with van der Waals surface area (Å²) in [5.74, 6) is 0.612. The van der Waals surface area contributed by atoms with Gasteiger partial charge < -0.3 is 10.1 Å². The van der Waals surface area contributed by atoms with Gasteiger partial charge in [0.25, 0.3) is 5.56 Å². The standard InChI is InChI=1S/C16H16ClN3O2S/c1-3-22-15-12(17)5-4-6-13(15)18-8-11-7-14(21)20-10(2)9-23-16(20)19-11/h4-7,9,18H,3,8H2,1-2H3. The van der Waals surface area contributed by atoms with E-state index < -0.39 is 0 Å². The van der Waals surface area contributed by atoms with E-state index in [0.29, 0.717) is 34.6 Å². The topological polar surface area (TPSA) is 55.6 Å². The van der Waals surface area contributed by atoms with E-state index in [-0.39, 0.29) is 5.56 Å². The zero-order valence-electron chi connectivity index (χ0n) is 12.8. The van der Waals surface area contributed by atoms with Crippen molar-refractivity contribution < 1.29 is 4.74 Å². The van der Waals surface area contributed by atoms with Gasteiger partial charge >= 0.3 is 0 Å². The SMILES string of the molecule is CCOc1c(Cl)cccc1NCc1cc(=O)n2c(C)csc2n1. The number of hydrogen-bond acceptors (Lipinski definition) is 5. The third-order valence-electron chi connectivity index (χ3n) is 3.34. The van der Waals surface area contributed by atoms with Gasteiger partial charge in [0, 0.05) is 17.1 Å². The van der Waals surface area contributed by atoms with Crippen molar-refractivity contribution in [1.82, 2.24) is 9.38 Å². The predicted molar refractivity (Wildman–Crippen MR) is 94.0 cm³/mol. The molecule has 7 heteroatoms. The summed E-state index contributed by atoms with van der Waals surface area (Å²) in [7, 11) is 0. The van der Waals surface area contributed by atoms with Crippen molar-refractivity contribution in [2.24, 2.45) is 0 Å². The Balaban J connectivity index is 1.87. The summed E-state index contributed by atoms with van der Waals surface area (Å²) >= 11 is 7.62. The summed E-state index contributed by atoms with van der Waals surface area (Å²) in [5, 5.41) is 5.71. The predicted octanol–water partition coefficient (Wildman–Crippen LogP) is 3.73. The van der Waals surface area contributed by atoms with Gasteiger partial charge in [-0.3, -0.25) is 9.20 Å². The first-order valence-electron chi connectivity index (χ1n) is 7.22. The fourth-order valence-corrected chi connectivity index (χ4v) is 3.44. The first kappa shape index (κ1) is 15.8. The molecule has 2 heterocycles. The number of aromatic nitrogens is 2. The zero-order chi connectivity index (χ0) is 16.4. The second-order valence-electron chi connectivity index (χ2n) is 4.98. The fraction of sp³-hybridized carbons (Fsp3) is 0.250. The zero-order valence-corrected chi connectivity index (χ0v) is 14.4. The van der Waals surface area contributed by atoms with Crippen LogP contribution in [0.3, 0.4) is 0 Å². The maximum atomic E-state index is 12.2. The Labute approximate surface area is 142 Å². The molecule has 5 nitrogen and oxygen atoms in total. The van der Waals surface area contributed by atoms with E-state index >= 15 is 0 Å². The van der Waals surface area contributed by atoms with Crippen LogP contribution in [0.25, 0.3) is 4.96 Å². The van der Waals surface area contributed by atoms with Gasteiger partial charge in [0.1, 0.15) is 0 Å². The highest BCUT2D eigenvalue weighted by Crippen LogP contribution is 2.33. The monoisotopic (exact) mass is 349 g/mol. The number of ether oxygens (including phenoxy) is 1. The van der Waals surface area contributed by atoms with E-state index in [1.165, 1.54) is 11.3 Å². The Morgan fingerprint density at radius 1 is 1.43 bits per heavy atom. The molecule has 0 saturated heterocycles. The molecule has 0 spiro atoms.